The number of carbonyl (C=O) groups excluding carboxylic acids is 2. The Kier molecular flexibility index (Phi) is 3.12. The van der Waals surface area contributed by atoms with Crippen molar-refractivity contribution in [1.29, 1.82) is 0 Å². The Morgan fingerprint density at radius 3 is 2.84 bits per heavy atom. The number of aromatic nitrogens is 2. The first-order chi connectivity index (χ1) is 9.09. The summed E-state index contributed by atoms with van der Waals surface area (Å²) in [7, 11) is 0. The molecule has 0 spiro atoms. The van der Waals surface area contributed by atoms with Crippen molar-refractivity contribution < 1.29 is 9.59 Å². The van der Waals surface area contributed by atoms with Crippen molar-refractivity contribution in [2.45, 2.75) is 6.54 Å². The normalized spacial score (nSPS) is 14.1. The van der Waals surface area contributed by atoms with Crippen LogP contribution in [0.1, 0.15) is 16.1 Å². The largest absolute Gasteiger partial charge is 0.299 e. The van der Waals surface area contributed by atoms with E-state index in [0.717, 1.165) is 11.5 Å². The van der Waals surface area contributed by atoms with E-state index < -0.39 is 11.7 Å². The van der Waals surface area contributed by atoms with E-state index in [4.69, 9.17) is 11.6 Å². The number of halogens is 2. The number of ketones is 1. The second kappa shape index (κ2) is 4.66. The quantitative estimate of drug-likeness (QED) is 0.774. The Bertz CT molecular complexity index is 703. The van der Waals surface area contributed by atoms with E-state index in [0.29, 0.717) is 25.8 Å². The van der Waals surface area contributed by atoms with Gasteiger partial charge in [0.15, 0.2) is 0 Å². The molecule has 1 amide bonds. The van der Waals surface area contributed by atoms with Crippen LogP contribution in [0.2, 0.25) is 4.34 Å². The first-order valence-corrected chi connectivity index (χ1v) is 7.15. The van der Waals surface area contributed by atoms with Crippen molar-refractivity contribution in [3.8, 4) is 0 Å². The number of carbonyl (C=O) groups is 2. The zero-order valence-corrected chi connectivity index (χ0v) is 12.4. The van der Waals surface area contributed by atoms with Gasteiger partial charge in [-0.15, -0.1) is 5.10 Å². The maximum Gasteiger partial charge on any atom is 0.299 e. The summed E-state index contributed by atoms with van der Waals surface area (Å²) in [6, 6.07) is 5.21. The lowest BCUT2D eigenvalue weighted by molar-refractivity contribution is -0.114. The lowest BCUT2D eigenvalue weighted by atomic mass is 10.1. The third-order valence-corrected chi connectivity index (χ3v) is 4.41. The molecule has 0 aliphatic carbocycles. The van der Waals surface area contributed by atoms with Crippen molar-refractivity contribution in [2.75, 3.05) is 4.90 Å². The van der Waals surface area contributed by atoms with E-state index in [1.165, 1.54) is 4.90 Å². The lowest BCUT2D eigenvalue weighted by Crippen LogP contribution is -2.29. The molecule has 0 saturated carbocycles. The molecule has 0 bridgehead atoms. The molecule has 1 aliphatic heterocycles. The fourth-order valence-electron chi connectivity index (χ4n) is 1.90. The van der Waals surface area contributed by atoms with Crippen LogP contribution in [0, 0.1) is 0 Å². The molecule has 96 valence electrons. The Hall–Kier alpha value is -1.31. The molecule has 0 fully saturated rings. The Balaban J connectivity index is 2.05. The molecule has 0 unspecified atom stereocenters. The fraction of sp³-hybridized carbons (Fsp3) is 0.0909. The fourth-order valence-corrected chi connectivity index (χ4v) is 3.05. The van der Waals surface area contributed by atoms with Gasteiger partial charge in [-0.1, -0.05) is 22.2 Å². The van der Waals surface area contributed by atoms with Gasteiger partial charge in [-0.3, -0.25) is 14.5 Å². The number of benzene rings is 1. The van der Waals surface area contributed by atoms with Crippen LogP contribution in [-0.2, 0) is 11.3 Å². The monoisotopic (exact) mass is 357 g/mol. The van der Waals surface area contributed by atoms with Crippen molar-refractivity contribution in [1.82, 2.24) is 9.59 Å². The van der Waals surface area contributed by atoms with Crippen molar-refractivity contribution in [3.63, 3.8) is 0 Å². The van der Waals surface area contributed by atoms with Crippen molar-refractivity contribution in [2.24, 2.45) is 0 Å². The molecular formula is C11H5BrClN3O2S. The van der Waals surface area contributed by atoms with Gasteiger partial charge in [-0.2, -0.15) is 0 Å². The molecule has 0 radical (unpaired) electrons. The van der Waals surface area contributed by atoms with E-state index in [-0.39, 0.29) is 6.54 Å². The first kappa shape index (κ1) is 12.7. The van der Waals surface area contributed by atoms with Gasteiger partial charge < -0.3 is 0 Å². The van der Waals surface area contributed by atoms with Gasteiger partial charge in [0.1, 0.15) is 10.0 Å². The molecule has 1 aromatic heterocycles. The van der Waals surface area contributed by atoms with Crippen LogP contribution in [0.4, 0.5) is 5.69 Å². The number of hydrogen-bond acceptors (Lipinski definition) is 5. The van der Waals surface area contributed by atoms with Crippen LogP contribution in [-0.4, -0.2) is 21.3 Å². The van der Waals surface area contributed by atoms with Gasteiger partial charge >= 0.3 is 0 Å². The zero-order chi connectivity index (χ0) is 13.6. The molecule has 0 saturated heterocycles. The van der Waals surface area contributed by atoms with Crippen molar-refractivity contribution >= 4 is 56.4 Å². The number of hydrogen-bond donors (Lipinski definition) is 0. The highest BCUT2D eigenvalue weighted by Crippen LogP contribution is 2.35. The summed E-state index contributed by atoms with van der Waals surface area (Å²) in [6.45, 7) is 0.142. The molecule has 0 N–H and O–H groups in total. The summed E-state index contributed by atoms with van der Waals surface area (Å²) in [4.78, 5) is 25.3. The standard InChI is InChI=1S/C11H5BrClN3O2S/c12-5-2-1-3-7-8(5)9(17)11(18)16(7)4-6-10(13)19-15-14-6/h1-3H,4H2. The smallest absolute Gasteiger partial charge is 0.299 e. The Morgan fingerprint density at radius 1 is 1.37 bits per heavy atom. The number of anilines is 1. The average Bonchev–Trinajstić information content (AvgIpc) is 2.89. The highest BCUT2D eigenvalue weighted by molar-refractivity contribution is 9.10. The maximum atomic E-state index is 12.0. The predicted octanol–water partition coefficient (Wildman–Crippen LogP) is 2.68. The summed E-state index contributed by atoms with van der Waals surface area (Å²) in [6.07, 6.45) is 0. The van der Waals surface area contributed by atoms with Gasteiger partial charge in [-0.25, -0.2) is 0 Å². The van der Waals surface area contributed by atoms with Crippen LogP contribution in [0.25, 0.3) is 0 Å². The highest BCUT2D eigenvalue weighted by atomic mass is 79.9. The number of rotatable bonds is 2. The molecule has 1 aromatic carbocycles. The number of fused-ring (bicyclic) bond motifs is 1. The molecule has 1 aliphatic rings. The van der Waals surface area contributed by atoms with Crippen LogP contribution < -0.4 is 4.90 Å². The topological polar surface area (TPSA) is 63.2 Å². The van der Waals surface area contributed by atoms with E-state index in [9.17, 15) is 9.59 Å². The third kappa shape index (κ3) is 1.98. The second-order valence-electron chi connectivity index (χ2n) is 3.85. The van der Waals surface area contributed by atoms with Gasteiger partial charge in [0, 0.05) is 16.0 Å². The predicted molar refractivity (Wildman–Crippen MR) is 74.6 cm³/mol. The van der Waals surface area contributed by atoms with Crippen LogP contribution >= 0.6 is 39.1 Å². The number of nitrogens with zero attached hydrogens (tertiary/aromatic N) is 3. The number of Topliss-reactive ketones (excluding diaryl/α,β-unsaturated/α-hetero) is 1. The third-order valence-electron chi connectivity index (χ3n) is 2.77. The summed E-state index contributed by atoms with van der Waals surface area (Å²) >= 11 is 10.3. The lowest BCUT2D eigenvalue weighted by Gasteiger charge is -2.14. The molecular weight excluding hydrogens is 354 g/mol. The molecule has 8 heteroatoms. The maximum absolute atomic E-state index is 12.0. The van der Waals surface area contributed by atoms with E-state index in [2.05, 4.69) is 25.5 Å². The van der Waals surface area contributed by atoms with Crippen LogP contribution in [0.5, 0.6) is 0 Å². The summed E-state index contributed by atoms with van der Waals surface area (Å²) in [5, 5.41) is 3.85. The van der Waals surface area contributed by atoms with E-state index >= 15 is 0 Å². The molecule has 2 heterocycles. The van der Waals surface area contributed by atoms with E-state index in [1.54, 1.807) is 18.2 Å². The van der Waals surface area contributed by atoms with Crippen LogP contribution in [0.15, 0.2) is 22.7 Å². The highest BCUT2D eigenvalue weighted by Gasteiger charge is 2.37. The van der Waals surface area contributed by atoms with Gasteiger partial charge in [0.25, 0.3) is 11.7 Å². The minimum absolute atomic E-state index is 0.142. The summed E-state index contributed by atoms with van der Waals surface area (Å²) in [5.74, 6) is -1.10. The minimum Gasteiger partial charge on any atom is -0.299 e. The average molecular weight is 359 g/mol. The minimum atomic E-state index is -0.578. The van der Waals surface area contributed by atoms with Gasteiger partial charge in [0.05, 0.1) is 17.8 Å². The van der Waals surface area contributed by atoms with Gasteiger partial charge in [0.2, 0.25) is 0 Å². The summed E-state index contributed by atoms with van der Waals surface area (Å²) < 4.78 is 4.73. The molecule has 0 atom stereocenters. The van der Waals surface area contributed by atoms with Crippen molar-refractivity contribution in [3.05, 3.63) is 38.3 Å². The van der Waals surface area contributed by atoms with E-state index in [1.807, 2.05) is 0 Å². The second-order valence-corrected chi connectivity index (χ2v) is 6.06. The van der Waals surface area contributed by atoms with Crippen LogP contribution in [0.3, 0.4) is 0 Å². The molecule has 3 rings (SSSR count). The SMILES string of the molecule is O=C1C(=O)N(Cc2nnsc2Cl)c2cccc(Br)c21. The van der Waals surface area contributed by atoms with Gasteiger partial charge in [-0.05, 0) is 28.1 Å². The Labute approximate surface area is 125 Å². The summed E-state index contributed by atoms with van der Waals surface area (Å²) in [5.41, 5.74) is 1.43. The molecule has 5 nitrogen and oxygen atoms in total. The first-order valence-electron chi connectivity index (χ1n) is 5.21. The molecule has 19 heavy (non-hydrogen) atoms. The molecule has 2 aromatic rings. The Morgan fingerprint density at radius 2 is 2.16 bits per heavy atom. The number of amides is 1. The zero-order valence-electron chi connectivity index (χ0n) is 9.26.